The van der Waals surface area contributed by atoms with E-state index in [0.29, 0.717) is 0 Å². The Bertz CT molecular complexity index is 4920. The number of para-hydroxylation sites is 3. The van der Waals surface area contributed by atoms with Gasteiger partial charge in [0.2, 0.25) is 0 Å². The highest BCUT2D eigenvalue weighted by atomic mass is 16.3. The van der Waals surface area contributed by atoms with E-state index in [1.54, 1.807) is 0 Å². The van der Waals surface area contributed by atoms with Crippen molar-refractivity contribution in [3.8, 4) is 61.3 Å². The fourth-order valence-corrected chi connectivity index (χ4v) is 13.9. The van der Waals surface area contributed by atoms with E-state index in [-0.39, 0.29) is 0 Å². The van der Waals surface area contributed by atoms with Crippen LogP contribution in [-0.2, 0) is 5.41 Å². The predicted molar refractivity (Wildman–Crippen MR) is 333 cm³/mol. The Kier molecular flexibility index (Phi) is 9.63. The van der Waals surface area contributed by atoms with Gasteiger partial charge in [0.1, 0.15) is 5.58 Å². The molecule has 0 fully saturated rings. The highest BCUT2D eigenvalue weighted by Gasteiger charge is 2.51. The second-order valence-corrected chi connectivity index (χ2v) is 21.5. The Morgan fingerprint density at radius 1 is 0.312 bits per heavy atom. The standard InChI is InChI=1S/C77H48N2O/c1-2-17-56(18-3-1)79-71-28-14-9-23-64(71)66-46-54(40-45-72(66)79)53-36-34-50(35-37-53)49-30-32-51(33-31-49)52-38-41-57(42-39-52)78(73-47-55-16-4-5-19-59(55)75-65-24-10-15-29-74(65)80-76(73)75)58-43-44-63-62-22-8-13-27-69(62)77(70(63)48-58)67-25-11-6-20-60(67)61-21-7-12-26-68(61)77/h1-48H. The van der Waals surface area contributed by atoms with Gasteiger partial charge >= 0.3 is 0 Å². The molecule has 1 spiro atoms. The summed E-state index contributed by atoms with van der Waals surface area (Å²) in [5.41, 5.74) is 25.4. The van der Waals surface area contributed by atoms with Crippen LogP contribution in [0.2, 0.25) is 0 Å². The quantitative estimate of drug-likeness (QED) is 0.159. The molecule has 15 aromatic rings. The lowest BCUT2D eigenvalue weighted by Gasteiger charge is -2.32. The molecular weight excluding hydrogens is 969 g/mol. The van der Waals surface area contributed by atoms with Crippen molar-refractivity contribution in [1.29, 1.82) is 0 Å². The molecule has 2 aliphatic rings. The first-order chi connectivity index (χ1) is 39.7. The number of aromatic nitrogens is 1. The minimum Gasteiger partial charge on any atom is -0.454 e. The third-order valence-corrected chi connectivity index (χ3v) is 17.4. The van der Waals surface area contributed by atoms with Crippen LogP contribution in [0.15, 0.2) is 296 Å². The summed E-state index contributed by atoms with van der Waals surface area (Å²) in [7, 11) is 0. The van der Waals surface area contributed by atoms with Crippen molar-refractivity contribution in [2.45, 2.75) is 5.41 Å². The molecule has 0 saturated heterocycles. The van der Waals surface area contributed by atoms with Crippen molar-refractivity contribution >= 4 is 71.6 Å². The second-order valence-electron chi connectivity index (χ2n) is 21.5. The Morgan fingerprint density at radius 3 is 1.44 bits per heavy atom. The Morgan fingerprint density at radius 2 is 0.787 bits per heavy atom. The van der Waals surface area contributed by atoms with E-state index < -0.39 is 5.41 Å². The average molecular weight is 1020 g/mol. The molecule has 0 N–H and O–H groups in total. The monoisotopic (exact) mass is 1020 g/mol. The van der Waals surface area contributed by atoms with Crippen LogP contribution in [-0.4, -0.2) is 4.57 Å². The van der Waals surface area contributed by atoms with Gasteiger partial charge in [-0.1, -0.05) is 224 Å². The normalized spacial score (nSPS) is 12.8. The summed E-state index contributed by atoms with van der Waals surface area (Å²) in [6, 6.07) is 107. The lowest BCUT2D eigenvalue weighted by atomic mass is 9.70. The van der Waals surface area contributed by atoms with Gasteiger partial charge in [0.05, 0.1) is 22.1 Å². The van der Waals surface area contributed by atoms with Crippen molar-refractivity contribution < 1.29 is 4.42 Å². The van der Waals surface area contributed by atoms with E-state index in [1.165, 1.54) is 99.6 Å². The molecule has 3 nitrogen and oxygen atoms in total. The number of anilines is 3. The van der Waals surface area contributed by atoms with Crippen molar-refractivity contribution in [3.63, 3.8) is 0 Å². The average Bonchev–Trinajstić information content (AvgIpc) is 3.31. The molecule has 0 radical (unpaired) electrons. The van der Waals surface area contributed by atoms with Crippen LogP contribution in [0.4, 0.5) is 17.1 Å². The number of hydrogen-bond donors (Lipinski definition) is 0. The molecular formula is C77H48N2O. The molecule has 0 unspecified atom stereocenters. The zero-order valence-electron chi connectivity index (χ0n) is 43.5. The van der Waals surface area contributed by atoms with Crippen LogP contribution < -0.4 is 4.90 Å². The maximum Gasteiger partial charge on any atom is 0.160 e. The number of hydrogen-bond acceptors (Lipinski definition) is 2. The lowest BCUT2D eigenvalue weighted by molar-refractivity contribution is 0.669. The van der Waals surface area contributed by atoms with E-state index in [9.17, 15) is 0 Å². The summed E-state index contributed by atoms with van der Waals surface area (Å²) in [5, 5.41) is 7.08. The molecule has 13 aromatic carbocycles. The van der Waals surface area contributed by atoms with Crippen molar-refractivity contribution in [2.24, 2.45) is 0 Å². The summed E-state index contributed by atoms with van der Waals surface area (Å²) < 4.78 is 9.39. The predicted octanol–water partition coefficient (Wildman–Crippen LogP) is 20.7. The highest BCUT2D eigenvalue weighted by molar-refractivity contribution is 6.23. The fraction of sp³-hybridized carbons (Fsp3) is 0.0130. The summed E-state index contributed by atoms with van der Waals surface area (Å²) in [6.45, 7) is 0. The fourth-order valence-electron chi connectivity index (χ4n) is 13.9. The maximum absolute atomic E-state index is 7.02. The van der Waals surface area contributed by atoms with Gasteiger partial charge < -0.3 is 13.9 Å². The number of rotatable bonds is 7. The number of fused-ring (bicyclic) bond motifs is 18. The van der Waals surface area contributed by atoms with E-state index in [1.807, 2.05) is 0 Å². The van der Waals surface area contributed by atoms with Gasteiger partial charge in [-0.2, -0.15) is 0 Å². The van der Waals surface area contributed by atoms with E-state index in [2.05, 4.69) is 301 Å². The van der Waals surface area contributed by atoms with Crippen molar-refractivity contribution in [2.75, 3.05) is 4.90 Å². The smallest absolute Gasteiger partial charge is 0.160 e. The molecule has 17 rings (SSSR count). The Hall–Kier alpha value is -10.5. The largest absolute Gasteiger partial charge is 0.454 e. The second kappa shape index (κ2) is 17.3. The molecule has 2 heterocycles. The first-order valence-electron chi connectivity index (χ1n) is 27.6. The zero-order chi connectivity index (χ0) is 52.5. The van der Waals surface area contributed by atoms with Crippen LogP contribution >= 0.6 is 0 Å². The van der Waals surface area contributed by atoms with Crippen LogP contribution in [0.25, 0.3) is 116 Å². The molecule has 0 bridgehead atoms. The molecule has 2 aromatic heterocycles. The molecule has 80 heavy (non-hydrogen) atoms. The third kappa shape index (κ3) is 6.43. The number of furan rings is 1. The van der Waals surface area contributed by atoms with E-state index >= 15 is 0 Å². The molecule has 0 aliphatic heterocycles. The number of nitrogens with zero attached hydrogens (tertiary/aromatic N) is 2. The van der Waals surface area contributed by atoms with Gasteiger partial charge in [0.15, 0.2) is 5.58 Å². The van der Waals surface area contributed by atoms with Crippen LogP contribution in [0, 0.1) is 0 Å². The lowest BCUT2D eigenvalue weighted by Crippen LogP contribution is -2.26. The highest BCUT2D eigenvalue weighted by Crippen LogP contribution is 2.63. The summed E-state index contributed by atoms with van der Waals surface area (Å²) in [6.07, 6.45) is 0. The Balaban J connectivity index is 0.756. The van der Waals surface area contributed by atoms with E-state index in [4.69, 9.17) is 4.42 Å². The summed E-state index contributed by atoms with van der Waals surface area (Å²) in [4.78, 5) is 2.43. The summed E-state index contributed by atoms with van der Waals surface area (Å²) >= 11 is 0. The van der Waals surface area contributed by atoms with Gasteiger partial charge in [-0.3, -0.25) is 0 Å². The minimum atomic E-state index is -0.488. The minimum absolute atomic E-state index is 0.488. The van der Waals surface area contributed by atoms with Gasteiger partial charge in [-0.25, -0.2) is 0 Å². The van der Waals surface area contributed by atoms with Crippen LogP contribution in [0.1, 0.15) is 22.3 Å². The zero-order valence-corrected chi connectivity index (χ0v) is 43.5. The molecule has 0 atom stereocenters. The maximum atomic E-state index is 7.02. The first kappa shape index (κ1) is 44.6. The van der Waals surface area contributed by atoms with Gasteiger partial charge in [0.25, 0.3) is 0 Å². The van der Waals surface area contributed by atoms with Gasteiger partial charge in [-0.15, -0.1) is 0 Å². The number of benzene rings is 13. The van der Waals surface area contributed by atoms with Crippen molar-refractivity contribution in [1.82, 2.24) is 4.57 Å². The first-order valence-corrected chi connectivity index (χ1v) is 27.6. The van der Waals surface area contributed by atoms with E-state index in [0.717, 1.165) is 55.5 Å². The van der Waals surface area contributed by atoms with Gasteiger partial charge in [0, 0.05) is 38.6 Å². The molecule has 0 amide bonds. The molecule has 372 valence electrons. The van der Waals surface area contributed by atoms with Crippen molar-refractivity contribution in [3.05, 3.63) is 313 Å². The molecule has 0 saturated carbocycles. The Labute approximate surface area is 463 Å². The van der Waals surface area contributed by atoms with Crippen LogP contribution in [0.5, 0.6) is 0 Å². The topological polar surface area (TPSA) is 21.3 Å². The molecule has 2 aliphatic carbocycles. The van der Waals surface area contributed by atoms with Gasteiger partial charge in [-0.05, 0) is 155 Å². The SMILES string of the molecule is c1ccc(-n2c3ccccc3c3cc(-c4ccc(-c5ccc(-c6ccc(N(c7ccc8c(c7)C7(c9ccccc9-c9ccccc97)c7ccccc7-8)c7cc8ccccc8c8c7oc7ccccc78)cc6)cc5)cc4)ccc32)cc1. The molecule has 3 heteroatoms. The third-order valence-electron chi connectivity index (χ3n) is 17.4. The summed E-state index contributed by atoms with van der Waals surface area (Å²) in [5.74, 6) is 0. The van der Waals surface area contributed by atoms with Crippen LogP contribution in [0.3, 0.4) is 0 Å².